The Morgan fingerprint density at radius 3 is 2.83 bits per heavy atom. The number of thioether (sulfide) groups is 1. The predicted molar refractivity (Wildman–Crippen MR) is 125 cm³/mol. The lowest BCUT2D eigenvalue weighted by Gasteiger charge is -2.06. The Bertz CT molecular complexity index is 1130. The lowest BCUT2D eigenvalue weighted by Crippen LogP contribution is -2.00. The summed E-state index contributed by atoms with van der Waals surface area (Å²) in [5.74, 6) is 1.61. The highest BCUT2D eigenvalue weighted by Gasteiger charge is 2.16. The third-order valence-corrected chi connectivity index (χ3v) is 7.63. The van der Waals surface area contributed by atoms with Crippen molar-refractivity contribution in [2.75, 3.05) is 0 Å². The van der Waals surface area contributed by atoms with Gasteiger partial charge in [0.1, 0.15) is 5.01 Å². The maximum atomic E-state index is 6.30. The third kappa shape index (κ3) is 4.48. The molecular weight excluding hydrogens is 440 g/mol. The number of nitrogens with zero attached hydrogens (tertiary/aromatic N) is 4. The van der Waals surface area contributed by atoms with Gasteiger partial charge in [0.05, 0.1) is 10.7 Å². The lowest BCUT2D eigenvalue weighted by molar-refractivity contribution is 0.731. The molecular formula is C21H19ClN4S3. The van der Waals surface area contributed by atoms with Crippen LogP contribution in [-0.4, -0.2) is 19.7 Å². The molecule has 0 radical (unpaired) electrons. The van der Waals surface area contributed by atoms with Crippen LogP contribution >= 0.6 is 46.0 Å². The number of thiazole rings is 1. The van der Waals surface area contributed by atoms with Crippen LogP contribution in [0.15, 0.2) is 58.9 Å². The molecule has 0 bridgehead atoms. The normalized spacial score (nSPS) is 11.1. The molecule has 0 atom stereocenters. The van der Waals surface area contributed by atoms with E-state index < -0.39 is 0 Å². The van der Waals surface area contributed by atoms with Gasteiger partial charge >= 0.3 is 0 Å². The monoisotopic (exact) mass is 458 g/mol. The van der Waals surface area contributed by atoms with E-state index >= 15 is 0 Å². The molecule has 0 unspecified atom stereocenters. The molecule has 4 nitrogen and oxygen atoms in total. The fourth-order valence-electron chi connectivity index (χ4n) is 2.86. The number of aromatic nitrogens is 4. The molecule has 0 aliphatic carbocycles. The van der Waals surface area contributed by atoms with Crippen LogP contribution in [0.1, 0.15) is 17.5 Å². The third-order valence-electron chi connectivity index (χ3n) is 4.29. The minimum Gasteiger partial charge on any atom is -0.298 e. The zero-order valence-corrected chi connectivity index (χ0v) is 19.0. The second kappa shape index (κ2) is 9.26. The van der Waals surface area contributed by atoms with E-state index in [0.29, 0.717) is 6.54 Å². The van der Waals surface area contributed by atoms with Gasteiger partial charge in [0, 0.05) is 39.1 Å². The lowest BCUT2D eigenvalue weighted by atomic mass is 10.2. The van der Waals surface area contributed by atoms with Crippen molar-refractivity contribution < 1.29 is 0 Å². The molecule has 3 aromatic heterocycles. The van der Waals surface area contributed by atoms with Gasteiger partial charge in [-0.25, -0.2) is 4.98 Å². The van der Waals surface area contributed by atoms with Crippen LogP contribution in [-0.2, 0) is 18.7 Å². The highest BCUT2D eigenvalue weighted by Crippen LogP contribution is 2.33. The summed E-state index contributed by atoms with van der Waals surface area (Å²) in [5, 5.41) is 15.6. The van der Waals surface area contributed by atoms with Crippen molar-refractivity contribution in [3.8, 4) is 22.0 Å². The summed E-state index contributed by atoms with van der Waals surface area (Å²) in [6.45, 7) is 6.72. The number of hydrogen-bond donors (Lipinski definition) is 0. The summed E-state index contributed by atoms with van der Waals surface area (Å²) < 4.78 is 2.11. The molecule has 4 rings (SSSR count). The van der Waals surface area contributed by atoms with Crippen LogP contribution < -0.4 is 0 Å². The molecule has 0 saturated carbocycles. The Kier molecular flexibility index (Phi) is 6.50. The van der Waals surface area contributed by atoms with Crippen LogP contribution in [0, 0.1) is 0 Å². The van der Waals surface area contributed by atoms with Gasteiger partial charge in [-0.05, 0) is 18.6 Å². The van der Waals surface area contributed by atoms with E-state index in [1.807, 2.05) is 30.3 Å². The van der Waals surface area contributed by atoms with E-state index in [-0.39, 0.29) is 0 Å². The van der Waals surface area contributed by atoms with Crippen molar-refractivity contribution in [2.45, 2.75) is 30.8 Å². The second-order valence-corrected chi connectivity index (χ2v) is 9.48. The van der Waals surface area contributed by atoms with Crippen molar-refractivity contribution in [1.29, 1.82) is 0 Å². The first-order chi connectivity index (χ1) is 14.2. The van der Waals surface area contributed by atoms with Gasteiger partial charge in [0.25, 0.3) is 0 Å². The fourth-order valence-corrected chi connectivity index (χ4v) is 5.76. The maximum Gasteiger partial charge on any atom is 0.192 e. The van der Waals surface area contributed by atoms with Gasteiger partial charge in [0.15, 0.2) is 11.0 Å². The Hall–Kier alpha value is -1.93. The number of thiophene rings is 1. The van der Waals surface area contributed by atoms with Gasteiger partial charge < -0.3 is 0 Å². The molecule has 3 heterocycles. The van der Waals surface area contributed by atoms with E-state index in [2.05, 4.69) is 45.1 Å². The SMILES string of the molecule is C=CCn1c(SCc2csc(-c3ccccc3Cl)n2)nnc1-c1csc(CC)c1. The van der Waals surface area contributed by atoms with Crippen LogP contribution in [0.2, 0.25) is 5.02 Å². The first kappa shape index (κ1) is 20.3. The van der Waals surface area contributed by atoms with Gasteiger partial charge in [-0.3, -0.25) is 4.57 Å². The van der Waals surface area contributed by atoms with E-state index in [4.69, 9.17) is 16.6 Å². The molecule has 0 fully saturated rings. The second-order valence-electron chi connectivity index (χ2n) is 6.27. The number of benzene rings is 1. The highest BCUT2D eigenvalue weighted by molar-refractivity contribution is 7.98. The minimum absolute atomic E-state index is 0.671. The molecule has 1 aromatic carbocycles. The molecule has 0 amide bonds. The van der Waals surface area contributed by atoms with E-state index in [9.17, 15) is 0 Å². The maximum absolute atomic E-state index is 6.30. The molecule has 8 heteroatoms. The first-order valence-electron chi connectivity index (χ1n) is 9.13. The number of halogens is 1. The zero-order chi connectivity index (χ0) is 20.2. The van der Waals surface area contributed by atoms with E-state index in [0.717, 1.165) is 50.0 Å². The molecule has 148 valence electrons. The van der Waals surface area contributed by atoms with Crippen LogP contribution in [0.4, 0.5) is 0 Å². The molecule has 29 heavy (non-hydrogen) atoms. The standard InChI is InChI=1S/C21H19ClN4S3/c1-3-9-26-19(14-10-16(4-2)27-11-14)24-25-21(26)29-13-15-12-28-20(23-15)17-7-5-6-8-18(17)22/h3,5-8,10-12H,1,4,9,13H2,2H3. The van der Waals surface area contributed by atoms with Gasteiger partial charge in [0.2, 0.25) is 0 Å². The quantitative estimate of drug-likeness (QED) is 0.214. The number of hydrogen-bond acceptors (Lipinski definition) is 6. The number of rotatable bonds is 8. The number of allylic oxidation sites excluding steroid dienone is 1. The summed E-state index contributed by atoms with van der Waals surface area (Å²) >= 11 is 11.3. The van der Waals surface area contributed by atoms with E-state index in [1.165, 1.54) is 4.88 Å². The van der Waals surface area contributed by atoms with Crippen molar-refractivity contribution >= 4 is 46.0 Å². The molecule has 4 aromatic rings. The zero-order valence-electron chi connectivity index (χ0n) is 15.8. The van der Waals surface area contributed by atoms with Crippen molar-refractivity contribution in [3.63, 3.8) is 0 Å². The van der Waals surface area contributed by atoms with Gasteiger partial charge in [-0.15, -0.1) is 39.4 Å². The summed E-state index contributed by atoms with van der Waals surface area (Å²) in [6.07, 6.45) is 2.90. The Balaban J connectivity index is 1.53. The van der Waals surface area contributed by atoms with Crippen LogP contribution in [0.3, 0.4) is 0 Å². The molecule has 0 aliphatic rings. The average molecular weight is 459 g/mol. The smallest absolute Gasteiger partial charge is 0.192 e. The molecule has 0 aliphatic heterocycles. The number of aryl methyl sites for hydroxylation is 1. The Morgan fingerprint density at radius 1 is 1.21 bits per heavy atom. The van der Waals surface area contributed by atoms with Gasteiger partial charge in [-0.1, -0.05) is 54.6 Å². The summed E-state index contributed by atoms with van der Waals surface area (Å²) in [5.41, 5.74) is 3.09. The van der Waals surface area contributed by atoms with Gasteiger partial charge in [-0.2, -0.15) is 0 Å². The molecule has 0 N–H and O–H groups in total. The topological polar surface area (TPSA) is 43.6 Å². The predicted octanol–water partition coefficient (Wildman–Crippen LogP) is 6.82. The minimum atomic E-state index is 0.671. The highest BCUT2D eigenvalue weighted by atomic mass is 35.5. The summed E-state index contributed by atoms with van der Waals surface area (Å²) in [6, 6.07) is 9.98. The van der Waals surface area contributed by atoms with Crippen molar-refractivity contribution in [3.05, 3.63) is 69.3 Å². The Labute approximate surface area is 187 Å². The van der Waals surface area contributed by atoms with E-state index in [1.54, 1.807) is 34.4 Å². The summed E-state index contributed by atoms with van der Waals surface area (Å²) in [4.78, 5) is 6.09. The molecule has 0 saturated heterocycles. The summed E-state index contributed by atoms with van der Waals surface area (Å²) in [7, 11) is 0. The van der Waals surface area contributed by atoms with Crippen molar-refractivity contribution in [2.24, 2.45) is 0 Å². The fraction of sp³-hybridized carbons (Fsp3) is 0.190. The molecule has 0 spiro atoms. The Morgan fingerprint density at radius 2 is 2.07 bits per heavy atom. The van der Waals surface area contributed by atoms with Crippen molar-refractivity contribution in [1.82, 2.24) is 19.7 Å². The average Bonchev–Trinajstić information content (AvgIpc) is 3.47. The van der Waals surface area contributed by atoms with Crippen LogP contribution in [0.25, 0.3) is 22.0 Å². The van der Waals surface area contributed by atoms with Crippen LogP contribution in [0.5, 0.6) is 0 Å². The largest absolute Gasteiger partial charge is 0.298 e. The first-order valence-corrected chi connectivity index (χ1v) is 12.3.